The number of aryl methyl sites for hydroxylation is 1. The second-order valence-electron chi connectivity index (χ2n) is 5.66. The first-order chi connectivity index (χ1) is 8.85. The number of thiophene rings is 1. The quantitative estimate of drug-likeness (QED) is 0.907. The van der Waals surface area contributed by atoms with Crippen LogP contribution in [0.4, 0.5) is 0 Å². The van der Waals surface area contributed by atoms with E-state index in [9.17, 15) is 4.79 Å². The Morgan fingerprint density at radius 1 is 1.37 bits per heavy atom. The zero-order valence-electron chi connectivity index (χ0n) is 11.7. The number of hydrogen-bond donors (Lipinski definition) is 2. The maximum absolute atomic E-state index is 11.7. The fraction of sp³-hybridized carbons (Fsp3) is 0.429. The molecule has 0 fully saturated rings. The van der Waals surface area contributed by atoms with Gasteiger partial charge in [-0.15, -0.1) is 0 Å². The molecule has 0 aliphatic carbocycles. The lowest BCUT2D eigenvalue weighted by molar-refractivity contribution is 0.421. The zero-order chi connectivity index (χ0) is 14.0. The molecule has 0 spiro atoms. The van der Waals surface area contributed by atoms with Gasteiger partial charge in [-0.05, 0) is 38.6 Å². The predicted molar refractivity (Wildman–Crippen MR) is 79.5 cm³/mol. The van der Waals surface area contributed by atoms with Gasteiger partial charge in [0.15, 0.2) is 0 Å². The molecule has 2 aromatic rings. The lowest BCUT2D eigenvalue weighted by Crippen LogP contribution is -2.35. The molecule has 2 heterocycles. The second-order valence-corrected chi connectivity index (χ2v) is 6.40. The van der Waals surface area contributed by atoms with Crippen LogP contribution in [0.2, 0.25) is 0 Å². The molecule has 0 amide bonds. The van der Waals surface area contributed by atoms with E-state index in [-0.39, 0.29) is 11.1 Å². The van der Waals surface area contributed by atoms with Crippen LogP contribution in [0, 0.1) is 6.92 Å². The number of nitrogens with zero attached hydrogens (tertiary/aromatic N) is 1. The smallest absolute Gasteiger partial charge is 0.251 e. The maximum Gasteiger partial charge on any atom is 0.251 e. The van der Waals surface area contributed by atoms with Crippen LogP contribution in [0.15, 0.2) is 21.6 Å². The van der Waals surface area contributed by atoms with Crippen molar-refractivity contribution < 1.29 is 0 Å². The van der Waals surface area contributed by atoms with Gasteiger partial charge in [0.05, 0.1) is 5.69 Å². The highest BCUT2D eigenvalue weighted by atomic mass is 32.1. The van der Waals surface area contributed by atoms with Gasteiger partial charge < -0.3 is 10.3 Å². The summed E-state index contributed by atoms with van der Waals surface area (Å²) in [6.45, 7) is 8.87. The first kappa shape index (κ1) is 14.0. The van der Waals surface area contributed by atoms with Gasteiger partial charge in [0.1, 0.15) is 5.82 Å². The monoisotopic (exact) mass is 277 g/mol. The molecule has 102 valence electrons. The van der Waals surface area contributed by atoms with Crippen molar-refractivity contribution in [2.24, 2.45) is 0 Å². The summed E-state index contributed by atoms with van der Waals surface area (Å²) < 4.78 is 0. The van der Waals surface area contributed by atoms with Crippen molar-refractivity contribution in [2.45, 2.75) is 39.8 Å². The minimum atomic E-state index is -0.110. The van der Waals surface area contributed by atoms with Crippen LogP contribution in [-0.4, -0.2) is 15.5 Å². The zero-order valence-corrected chi connectivity index (χ0v) is 12.5. The molecule has 0 atom stereocenters. The van der Waals surface area contributed by atoms with E-state index in [1.54, 1.807) is 17.4 Å². The van der Waals surface area contributed by atoms with Crippen LogP contribution in [0.25, 0.3) is 11.4 Å². The highest BCUT2D eigenvalue weighted by Gasteiger charge is 2.11. The van der Waals surface area contributed by atoms with Gasteiger partial charge in [0.2, 0.25) is 0 Å². The van der Waals surface area contributed by atoms with Crippen LogP contribution in [-0.2, 0) is 6.54 Å². The van der Waals surface area contributed by atoms with E-state index in [1.165, 1.54) is 0 Å². The average molecular weight is 277 g/mol. The summed E-state index contributed by atoms with van der Waals surface area (Å²) in [5.41, 5.74) is 2.79. The minimum Gasteiger partial charge on any atom is -0.306 e. The van der Waals surface area contributed by atoms with Crippen molar-refractivity contribution in [1.82, 2.24) is 15.3 Å². The van der Waals surface area contributed by atoms with Crippen molar-refractivity contribution >= 4 is 11.3 Å². The van der Waals surface area contributed by atoms with Gasteiger partial charge in [-0.1, -0.05) is 0 Å². The Morgan fingerprint density at radius 2 is 2.11 bits per heavy atom. The van der Waals surface area contributed by atoms with Crippen LogP contribution < -0.4 is 10.9 Å². The van der Waals surface area contributed by atoms with Gasteiger partial charge >= 0.3 is 0 Å². The van der Waals surface area contributed by atoms with Crippen LogP contribution in [0.3, 0.4) is 0 Å². The van der Waals surface area contributed by atoms with Crippen molar-refractivity contribution in [3.05, 3.63) is 38.4 Å². The Kier molecular flexibility index (Phi) is 3.87. The summed E-state index contributed by atoms with van der Waals surface area (Å²) in [6, 6.07) is 1.55. The molecule has 19 heavy (non-hydrogen) atoms. The Morgan fingerprint density at radius 3 is 2.68 bits per heavy atom. The number of aromatic amines is 1. The molecule has 5 heteroatoms. The molecule has 0 unspecified atom stereocenters. The fourth-order valence-corrected chi connectivity index (χ4v) is 2.52. The Labute approximate surface area is 116 Å². The standard InChI is InChI=1S/C14H19N3OS/c1-9-7-19-8-11(9)13-16-10(5-12(18)17-13)6-15-14(2,3)4/h5,7-8,15H,6H2,1-4H3,(H,16,17,18). The fourth-order valence-electron chi connectivity index (χ4n) is 1.68. The molecule has 0 aliphatic heterocycles. The average Bonchev–Trinajstić information content (AvgIpc) is 2.71. The number of H-pyrrole nitrogens is 1. The van der Waals surface area contributed by atoms with Crippen molar-refractivity contribution in [2.75, 3.05) is 0 Å². The Balaban J connectivity index is 2.30. The van der Waals surface area contributed by atoms with E-state index in [0.29, 0.717) is 12.4 Å². The van der Waals surface area contributed by atoms with Gasteiger partial charge in [0, 0.05) is 29.1 Å². The number of rotatable bonds is 3. The lowest BCUT2D eigenvalue weighted by atomic mass is 10.1. The molecule has 2 rings (SSSR count). The summed E-state index contributed by atoms with van der Waals surface area (Å²) in [5.74, 6) is 0.650. The molecule has 2 aromatic heterocycles. The molecule has 0 aromatic carbocycles. The van der Waals surface area contributed by atoms with E-state index in [1.807, 2.05) is 12.3 Å². The van der Waals surface area contributed by atoms with E-state index >= 15 is 0 Å². The molecule has 0 bridgehead atoms. The first-order valence-corrected chi connectivity index (χ1v) is 7.18. The highest BCUT2D eigenvalue weighted by Crippen LogP contribution is 2.22. The van der Waals surface area contributed by atoms with E-state index in [0.717, 1.165) is 16.8 Å². The van der Waals surface area contributed by atoms with E-state index in [2.05, 4.69) is 41.4 Å². The van der Waals surface area contributed by atoms with Gasteiger partial charge in [-0.2, -0.15) is 11.3 Å². The SMILES string of the molecule is Cc1cscc1-c1nc(CNC(C)(C)C)cc(=O)[nH]1. The topological polar surface area (TPSA) is 57.8 Å². The molecule has 0 radical (unpaired) electrons. The van der Waals surface area contributed by atoms with Crippen LogP contribution in [0.1, 0.15) is 32.0 Å². The molecular formula is C14H19N3OS. The van der Waals surface area contributed by atoms with E-state index < -0.39 is 0 Å². The predicted octanol–water partition coefficient (Wildman–Crippen LogP) is 2.69. The van der Waals surface area contributed by atoms with Crippen LogP contribution in [0.5, 0.6) is 0 Å². The molecular weight excluding hydrogens is 258 g/mol. The third-order valence-electron chi connectivity index (χ3n) is 2.71. The van der Waals surface area contributed by atoms with Gasteiger partial charge in [-0.25, -0.2) is 4.98 Å². The second kappa shape index (κ2) is 5.27. The first-order valence-electron chi connectivity index (χ1n) is 6.23. The highest BCUT2D eigenvalue weighted by molar-refractivity contribution is 7.08. The Bertz CT molecular complexity index is 622. The summed E-state index contributed by atoms with van der Waals surface area (Å²) in [6.07, 6.45) is 0. The molecule has 4 nitrogen and oxygen atoms in total. The lowest BCUT2D eigenvalue weighted by Gasteiger charge is -2.20. The van der Waals surface area contributed by atoms with Crippen molar-refractivity contribution in [3.8, 4) is 11.4 Å². The van der Waals surface area contributed by atoms with Crippen molar-refractivity contribution in [1.29, 1.82) is 0 Å². The van der Waals surface area contributed by atoms with Gasteiger partial charge in [-0.3, -0.25) is 4.79 Å². The Hall–Kier alpha value is -1.46. The molecule has 0 saturated carbocycles. The number of hydrogen-bond acceptors (Lipinski definition) is 4. The third-order valence-corrected chi connectivity index (χ3v) is 3.57. The minimum absolute atomic E-state index is 0.00272. The molecule has 0 saturated heterocycles. The normalized spacial score (nSPS) is 11.8. The number of nitrogens with one attached hydrogen (secondary N) is 2. The summed E-state index contributed by atoms with van der Waals surface area (Å²) in [5, 5.41) is 7.40. The maximum atomic E-state index is 11.7. The summed E-state index contributed by atoms with van der Waals surface area (Å²) in [4.78, 5) is 19.1. The summed E-state index contributed by atoms with van der Waals surface area (Å²) in [7, 11) is 0. The largest absolute Gasteiger partial charge is 0.306 e. The van der Waals surface area contributed by atoms with Crippen LogP contribution >= 0.6 is 11.3 Å². The van der Waals surface area contributed by atoms with Gasteiger partial charge in [0.25, 0.3) is 5.56 Å². The summed E-state index contributed by atoms with van der Waals surface area (Å²) >= 11 is 1.61. The molecule has 2 N–H and O–H groups in total. The molecule has 0 aliphatic rings. The van der Waals surface area contributed by atoms with Crippen molar-refractivity contribution in [3.63, 3.8) is 0 Å². The third kappa shape index (κ3) is 3.75. The van der Waals surface area contributed by atoms with E-state index in [4.69, 9.17) is 0 Å². The number of aromatic nitrogens is 2.